The standard InChI is InChI=1S/C16H22N4O/c1-10-3-2-4-12-16(10)20-14(18-12)7-8-15(21)19-13(9-17)11-5-6-11/h2-4,11,13H,5-9,17H2,1H3,(H,18,20)(H,19,21). The van der Waals surface area contributed by atoms with Crippen LogP contribution >= 0.6 is 0 Å². The Morgan fingerprint density at radius 2 is 2.33 bits per heavy atom. The molecule has 1 aliphatic carbocycles. The normalized spacial score (nSPS) is 16.1. The number of aromatic nitrogens is 2. The molecular weight excluding hydrogens is 264 g/mol. The number of benzene rings is 1. The fourth-order valence-corrected chi connectivity index (χ4v) is 2.72. The van der Waals surface area contributed by atoms with Crippen LogP contribution in [0.15, 0.2) is 18.2 Å². The second-order valence-corrected chi connectivity index (χ2v) is 5.90. The second kappa shape index (κ2) is 5.85. The Hall–Kier alpha value is -1.88. The number of aromatic amines is 1. The van der Waals surface area contributed by atoms with Gasteiger partial charge in [-0.3, -0.25) is 4.79 Å². The van der Waals surface area contributed by atoms with Gasteiger partial charge in [0.2, 0.25) is 5.91 Å². The van der Waals surface area contributed by atoms with E-state index in [4.69, 9.17) is 5.73 Å². The Morgan fingerprint density at radius 3 is 3.00 bits per heavy atom. The lowest BCUT2D eigenvalue weighted by Gasteiger charge is -2.15. The number of amides is 1. The lowest BCUT2D eigenvalue weighted by atomic mass is 10.1. The van der Waals surface area contributed by atoms with Crippen LogP contribution in [0.5, 0.6) is 0 Å². The molecular formula is C16H22N4O. The number of aryl methyl sites for hydroxylation is 2. The summed E-state index contributed by atoms with van der Waals surface area (Å²) in [4.78, 5) is 19.8. The maximum Gasteiger partial charge on any atom is 0.220 e. The minimum atomic E-state index is 0.0644. The zero-order valence-corrected chi connectivity index (χ0v) is 12.4. The average molecular weight is 286 g/mol. The van der Waals surface area contributed by atoms with Gasteiger partial charge in [-0.15, -0.1) is 0 Å². The van der Waals surface area contributed by atoms with E-state index in [0.29, 0.717) is 25.3 Å². The highest BCUT2D eigenvalue weighted by Crippen LogP contribution is 2.32. The van der Waals surface area contributed by atoms with Crippen LogP contribution < -0.4 is 11.1 Å². The molecule has 1 aromatic carbocycles. The summed E-state index contributed by atoms with van der Waals surface area (Å²) in [6.07, 6.45) is 3.44. The first-order valence-electron chi connectivity index (χ1n) is 7.61. The molecule has 0 saturated heterocycles. The third-order valence-electron chi connectivity index (χ3n) is 4.14. The van der Waals surface area contributed by atoms with Crippen molar-refractivity contribution in [3.05, 3.63) is 29.6 Å². The van der Waals surface area contributed by atoms with Crippen LogP contribution in [0.4, 0.5) is 0 Å². The molecule has 1 unspecified atom stereocenters. The summed E-state index contributed by atoms with van der Waals surface area (Å²) in [5.74, 6) is 1.52. The summed E-state index contributed by atoms with van der Waals surface area (Å²) in [6.45, 7) is 2.57. The minimum absolute atomic E-state index is 0.0644. The van der Waals surface area contributed by atoms with E-state index >= 15 is 0 Å². The van der Waals surface area contributed by atoms with Crippen LogP contribution in [0.1, 0.15) is 30.7 Å². The van der Waals surface area contributed by atoms with E-state index in [2.05, 4.69) is 15.3 Å². The number of para-hydroxylation sites is 1. The van der Waals surface area contributed by atoms with Gasteiger partial charge in [0.25, 0.3) is 0 Å². The fourth-order valence-electron chi connectivity index (χ4n) is 2.72. The Bertz CT molecular complexity index is 645. The highest BCUT2D eigenvalue weighted by Gasteiger charge is 2.31. The number of nitrogens with zero attached hydrogens (tertiary/aromatic N) is 1. The zero-order chi connectivity index (χ0) is 14.8. The average Bonchev–Trinajstić information content (AvgIpc) is 3.22. The number of hydrogen-bond donors (Lipinski definition) is 3. The highest BCUT2D eigenvalue weighted by molar-refractivity contribution is 5.79. The number of fused-ring (bicyclic) bond motifs is 1. The monoisotopic (exact) mass is 286 g/mol. The van der Waals surface area contributed by atoms with E-state index < -0.39 is 0 Å². The molecule has 0 bridgehead atoms. The van der Waals surface area contributed by atoms with Crippen molar-refractivity contribution in [3.8, 4) is 0 Å². The number of carbonyl (C=O) groups is 1. The third kappa shape index (κ3) is 3.24. The van der Waals surface area contributed by atoms with Crippen LogP contribution in [-0.4, -0.2) is 28.5 Å². The molecule has 112 valence electrons. The zero-order valence-electron chi connectivity index (χ0n) is 12.4. The number of rotatable bonds is 6. The van der Waals surface area contributed by atoms with Gasteiger partial charge in [0.05, 0.1) is 11.0 Å². The van der Waals surface area contributed by atoms with Gasteiger partial charge in [0.15, 0.2) is 0 Å². The molecule has 4 N–H and O–H groups in total. The Balaban J connectivity index is 1.58. The van der Waals surface area contributed by atoms with E-state index in [-0.39, 0.29) is 11.9 Å². The van der Waals surface area contributed by atoms with E-state index in [0.717, 1.165) is 22.4 Å². The van der Waals surface area contributed by atoms with Crippen molar-refractivity contribution in [2.75, 3.05) is 6.54 Å². The van der Waals surface area contributed by atoms with Crippen molar-refractivity contribution in [1.29, 1.82) is 0 Å². The number of hydrogen-bond acceptors (Lipinski definition) is 3. The van der Waals surface area contributed by atoms with Gasteiger partial charge in [-0.1, -0.05) is 12.1 Å². The molecule has 1 saturated carbocycles. The fraction of sp³-hybridized carbons (Fsp3) is 0.500. The summed E-state index contributed by atoms with van der Waals surface area (Å²) >= 11 is 0. The maximum absolute atomic E-state index is 12.0. The number of nitrogens with one attached hydrogen (secondary N) is 2. The molecule has 0 radical (unpaired) electrons. The topological polar surface area (TPSA) is 83.8 Å². The van der Waals surface area contributed by atoms with Gasteiger partial charge in [-0.2, -0.15) is 0 Å². The molecule has 21 heavy (non-hydrogen) atoms. The molecule has 1 fully saturated rings. The second-order valence-electron chi connectivity index (χ2n) is 5.90. The first-order valence-corrected chi connectivity index (χ1v) is 7.61. The molecule has 5 nitrogen and oxygen atoms in total. The highest BCUT2D eigenvalue weighted by atomic mass is 16.1. The van der Waals surface area contributed by atoms with Crippen molar-refractivity contribution < 1.29 is 4.79 Å². The van der Waals surface area contributed by atoms with Crippen LogP contribution in [0.3, 0.4) is 0 Å². The van der Waals surface area contributed by atoms with Gasteiger partial charge in [-0.05, 0) is 37.3 Å². The van der Waals surface area contributed by atoms with Crippen LogP contribution in [-0.2, 0) is 11.2 Å². The van der Waals surface area contributed by atoms with Crippen LogP contribution in [0.2, 0.25) is 0 Å². The largest absolute Gasteiger partial charge is 0.352 e. The summed E-state index contributed by atoms with van der Waals surface area (Å²) in [5.41, 5.74) is 8.88. The molecule has 5 heteroatoms. The molecule has 2 aromatic rings. The molecule has 1 amide bonds. The van der Waals surface area contributed by atoms with Crippen molar-refractivity contribution in [3.63, 3.8) is 0 Å². The predicted octanol–water partition coefficient (Wildman–Crippen LogP) is 1.66. The quantitative estimate of drug-likeness (QED) is 0.755. The van der Waals surface area contributed by atoms with Crippen LogP contribution in [0.25, 0.3) is 11.0 Å². The minimum Gasteiger partial charge on any atom is -0.352 e. The van der Waals surface area contributed by atoms with Gasteiger partial charge < -0.3 is 16.0 Å². The summed E-state index contributed by atoms with van der Waals surface area (Å²) in [6, 6.07) is 6.21. The van der Waals surface area contributed by atoms with E-state index in [1.54, 1.807) is 0 Å². The number of imidazole rings is 1. The third-order valence-corrected chi connectivity index (χ3v) is 4.14. The molecule has 1 atom stereocenters. The van der Waals surface area contributed by atoms with Gasteiger partial charge >= 0.3 is 0 Å². The summed E-state index contributed by atoms with van der Waals surface area (Å²) in [5, 5.41) is 3.04. The van der Waals surface area contributed by atoms with Crippen molar-refractivity contribution >= 4 is 16.9 Å². The maximum atomic E-state index is 12.0. The van der Waals surface area contributed by atoms with Crippen molar-refractivity contribution in [1.82, 2.24) is 15.3 Å². The summed E-state index contributed by atoms with van der Waals surface area (Å²) in [7, 11) is 0. The molecule has 0 spiro atoms. The number of carbonyl (C=O) groups excluding carboxylic acids is 1. The smallest absolute Gasteiger partial charge is 0.220 e. The van der Waals surface area contributed by atoms with E-state index in [9.17, 15) is 4.79 Å². The van der Waals surface area contributed by atoms with Gasteiger partial charge in [0, 0.05) is 25.4 Å². The van der Waals surface area contributed by atoms with Gasteiger partial charge in [0.1, 0.15) is 5.82 Å². The first kappa shape index (κ1) is 14.1. The van der Waals surface area contributed by atoms with E-state index in [1.807, 2.05) is 25.1 Å². The molecule has 3 rings (SSSR count). The first-order chi connectivity index (χ1) is 10.2. The number of nitrogens with two attached hydrogens (primary N) is 1. The molecule has 0 aliphatic heterocycles. The predicted molar refractivity (Wildman–Crippen MR) is 82.9 cm³/mol. The van der Waals surface area contributed by atoms with Crippen LogP contribution in [0, 0.1) is 12.8 Å². The molecule has 1 heterocycles. The van der Waals surface area contributed by atoms with Gasteiger partial charge in [-0.25, -0.2) is 4.98 Å². The lowest BCUT2D eigenvalue weighted by Crippen LogP contribution is -2.41. The van der Waals surface area contributed by atoms with Crippen molar-refractivity contribution in [2.24, 2.45) is 11.7 Å². The Morgan fingerprint density at radius 1 is 1.52 bits per heavy atom. The van der Waals surface area contributed by atoms with E-state index in [1.165, 1.54) is 12.8 Å². The van der Waals surface area contributed by atoms with Crippen molar-refractivity contribution in [2.45, 2.75) is 38.6 Å². The SMILES string of the molecule is Cc1cccc2[nH]c(CCC(=O)NC(CN)C3CC3)nc12. The Labute approximate surface area is 124 Å². The molecule has 1 aromatic heterocycles. The number of H-pyrrole nitrogens is 1. The molecule has 1 aliphatic rings. The Kier molecular flexibility index (Phi) is 3.92. The lowest BCUT2D eigenvalue weighted by molar-refractivity contribution is -0.121. The summed E-state index contributed by atoms with van der Waals surface area (Å²) < 4.78 is 0.